The number of rotatable bonds is 27. The Labute approximate surface area is 351 Å². The van der Waals surface area contributed by atoms with Crippen molar-refractivity contribution in [1.29, 1.82) is 0 Å². The van der Waals surface area contributed by atoms with Gasteiger partial charge in [-0.15, -0.1) is 68.0 Å². The van der Waals surface area contributed by atoms with E-state index in [0.717, 1.165) is 0 Å². The van der Waals surface area contributed by atoms with Crippen molar-refractivity contribution in [2.75, 3.05) is 0 Å². The molecule has 6 aromatic rings. The molecule has 0 aliphatic heterocycles. The monoisotopic (exact) mass is 830 g/mol. The summed E-state index contributed by atoms with van der Waals surface area (Å²) >= 11 is 11.7. The van der Waals surface area contributed by atoms with Crippen molar-refractivity contribution in [2.24, 2.45) is 0 Å². The SMILES string of the molecule is CCCCCCCCCCCCc1ccc(-c2ccsc2-c2ccc(-c3ccc(-c4sccc4-c4ccc(CCCCCCCCCCCC)s4)s3)s2)s1. The van der Waals surface area contributed by atoms with E-state index in [1.54, 1.807) is 9.75 Å². The van der Waals surface area contributed by atoms with Gasteiger partial charge in [0, 0.05) is 50.1 Å². The lowest BCUT2D eigenvalue weighted by atomic mass is 10.1. The van der Waals surface area contributed by atoms with Gasteiger partial charge in [0.25, 0.3) is 0 Å². The molecule has 6 heteroatoms. The fourth-order valence-electron chi connectivity index (χ4n) is 7.46. The van der Waals surface area contributed by atoms with Gasteiger partial charge >= 0.3 is 0 Å². The van der Waals surface area contributed by atoms with Gasteiger partial charge in [0.2, 0.25) is 0 Å². The fourth-order valence-corrected chi connectivity index (χ4v) is 14.0. The number of thiophene rings is 6. The Balaban J connectivity index is 0.980. The van der Waals surface area contributed by atoms with Crippen LogP contribution in [-0.2, 0) is 12.8 Å². The molecule has 0 aromatic carbocycles. The van der Waals surface area contributed by atoms with Crippen LogP contribution in [0.1, 0.15) is 152 Å². The molecular formula is C48H62S6. The molecule has 0 nitrogen and oxygen atoms in total. The van der Waals surface area contributed by atoms with E-state index in [9.17, 15) is 0 Å². The predicted octanol–water partition coefficient (Wildman–Crippen LogP) is 19.3. The molecule has 0 N–H and O–H groups in total. The third-order valence-electron chi connectivity index (χ3n) is 10.6. The summed E-state index contributed by atoms with van der Waals surface area (Å²) in [6.07, 6.45) is 30.4. The van der Waals surface area contributed by atoms with Crippen LogP contribution < -0.4 is 0 Å². The van der Waals surface area contributed by atoms with Crippen LogP contribution in [-0.4, -0.2) is 0 Å². The molecule has 0 fully saturated rings. The molecule has 0 amide bonds. The number of unbranched alkanes of at least 4 members (excludes halogenated alkanes) is 18. The number of aryl methyl sites for hydroxylation is 2. The molecule has 0 saturated heterocycles. The van der Waals surface area contributed by atoms with Gasteiger partial charge in [-0.2, -0.15) is 0 Å². The van der Waals surface area contributed by atoms with Crippen LogP contribution in [0, 0.1) is 0 Å². The van der Waals surface area contributed by atoms with Crippen molar-refractivity contribution in [3.63, 3.8) is 0 Å². The van der Waals surface area contributed by atoms with E-state index in [0.29, 0.717) is 0 Å². The molecule has 0 saturated carbocycles. The standard InChI is InChI=1S/C48H62S6/c1-3-5-7-9-11-13-15-17-19-21-23-37-25-27-41(51-37)39-33-35-49-47(39)45-31-29-43(53-45)44-30-32-46(54-44)48-40(34-36-50-48)42-28-26-38(52-42)24-22-20-18-16-14-12-10-8-6-4-2/h25-36H,3-24H2,1-2H3. The van der Waals surface area contributed by atoms with E-state index in [4.69, 9.17) is 0 Å². The maximum atomic E-state index is 2.39. The molecule has 290 valence electrons. The van der Waals surface area contributed by atoms with Gasteiger partial charge < -0.3 is 0 Å². The van der Waals surface area contributed by atoms with Gasteiger partial charge in [0.1, 0.15) is 0 Å². The third kappa shape index (κ3) is 12.6. The van der Waals surface area contributed by atoms with Crippen LogP contribution in [0.2, 0.25) is 0 Å². The summed E-state index contributed by atoms with van der Waals surface area (Å²) in [5.41, 5.74) is 2.82. The van der Waals surface area contributed by atoms with E-state index < -0.39 is 0 Å². The van der Waals surface area contributed by atoms with Crippen molar-refractivity contribution in [3.05, 3.63) is 81.2 Å². The van der Waals surface area contributed by atoms with Gasteiger partial charge in [0.15, 0.2) is 0 Å². The lowest BCUT2D eigenvalue weighted by Gasteiger charge is -2.02. The molecule has 0 spiro atoms. The van der Waals surface area contributed by atoms with Gasteiger partial charge in [-0.3, -0.25) is 0 Å². The van der Waals surface area contributed by atoms with Crippen molar-refractivity contribution < 1.29 is 0 Å². The zero-order valence-electron chi connectivity index (χ0n) is 32.9. The molecule has 0 aliphatic rings. The smallest absolute Gasteiger partial charge is 0.0529 e. The summed E-state index contributed by atoms with van der Waals surface area (Å²) in [6.45, 7) is 4.60. The van der Waals surface area contributed by atoms with Crippen molar-refractivity contribution in [3.8, 4) is 50.1 Å². The first-order valence-electron chi connectivity index (χ1n) is 21.3. The molecule has 0 atom stereocenters. The first kappa shape index (κ1) is 41.8. The Morgan fingerprint density at radius 3 is 1.04 bits per heavy atom. The quantitative estimate of drug-likeness (QED) is 0.0454. The highest BCUT2D eigenvalue weighted by Gasteiger charge is 2.17. The van der Waals surface area contributed by atoms with E-state index in [2.05, 4.69) is 85.3 Å². The highest BCUT2D eigenvalue weighted by molar-refractivity contribution is 7.28. The van der Waals surface area contributed by atoms with E-state index >= 15 is 0 Å². The van der Waals surface area contributed by atoms with Crippen LogP contribution in [0.5, 0.6) is 0 Å². The minimum Gasteiger partial charge on any atom is -0.142 e. The molecule has 6 aromatic heterocycles. The molecule has 0 radical (unpaired) electrons. The second-order valence-electron chi connectivity index (χ2n) is 15.1. The van der Waals surface area contributed by atoms with Crippen molar-refractivity contribution in [2.45, 2.75) is 155 Å². The first-order valence-corrected chi connectivity index (χ1v) is 26.3. The number of hydrogen-bond acceptors (Lipinski definition) is 6. The zero-order chi connectivity index (χ0) is 37.2. The average Bonchev–Trinajstić information content (AvgIpc) is 4.03. The lowest BCUT2D eigenvalue weighted by Crippen LogP contribution is -1.84. The Morgan fingerprint density at radius 2 is 0.648 bits per heavy atom. The molecule has 6 heterocycles. The number of hydrogen-bond donors (Lipinski definition) is 0. The molecule has 0 bridgehead atoms. The molecule has 54 heavy (non-hydrogen) atoms. The van der Waals surface area contributed by atoms with Crippen LogP contribution in [0.15, 0.2) is 71.4 Å². The Morgan fingerprint density at radius 1 is 0.315 bits per heavy atom. The largest absolute Gasteiger partial charge is 0.142 e. The Hall–Kier alpha value is -1.80. The topological polar surface area (TPSA) is 0 Å². The summed E-state index contributed by atoms with van der Waals surface area (Å²) in [4.78, 5) is 14.3. The van der Waals surface area contributed by atoms with Crippen LogP contribution >= 0.6 is 68.0 Å². The van der Waals surface area contributed by atoms with Crippen LogP contribution in [0.3, 0.4) is 0 Å². The Kier molecular flexibility index (Phi) is 18.2. The van der Waals surface area contributed by atoms with Crippen LogP contribution in [0.25, 0.3) is 50.1 Å². The molecule has 0 aliphatic carbocycles. The Bertz CT molecular complexity index is 1750. The zero-order valence-corrected chi connectivity index (χ0v) is 37.8. The lowest BCUT2D eigenvalue weighted by molar-refractivity contribution is 0.557. The van der Waals surface area contributed by atoms with Crippen LogP contribution in [0.4, 0.5) is 0 Å². The van der Waals surface area contributed by atoms with Crippen molar-refractivity contribution >= 4 is 68.0 Å². The second kappa shape index (κ2) is 23.4. The van der Waals surface area contributed by atoms with Crippen molar-refractivity contribution in [1.82, 2.24) is 0 Å². The average molecular weight is 831 g/mol. The highest BCUT2D eigenvalue weighted by atomic mass is 32.1. The maximum Gasteiger partial charge on any atom is 0.0529 e. The van der Waals surface area contributed by atoms with Gasteiger partial charge in [-0.05, 0) is 97.1 Å². The van der Waals surface area contributed by atoms with E-state index in [1.807, 2.05) is 68.0 Å². The molecular weight excluding hydrogens is 769 g/mol. The van der Waals surface area contributed by atoms with Gasteiger partial charge in [-0.25, -0.2) is 0 Å². The summed E-state index contributed by atoms with van der Waals surface area (Å²) in [5, 5.41) is 4.56. The van der Waals surface area contributed by atoms with Gasteiger partial charge in [0.05, 0.1) is 9.75 Å². The first-order chi connectivity index (χ1) is 26.7. The molecule has 6 rings (SSSR count). The second-order valence-corrected chi connectivity index (χ2v) is 21.4. The summed E-state index contributed by atoms with van der Waals surface area (Å²) in [7, 11) is 0. The van der Waals surface area contributed by atoms with E-state index in [1.165, 1.54) is 191 Å². The molecule has 0 unspecified atom stereocenters. The summed E-state index contributed by atoms with van der Waals surface area (Å²) in [5.74, 6) is 0. The van der Waals surface area contributed by atoms with E-state index in [-0.39, 0.29) is 0 Å². The highest BCUT2D eigenvalue weighted by Crippen LogP contribution is 2.48. The summed E-state index contributed by atoms with van der Waals surface area (Å²) in [6, 6.07) is 23.6. The van der Waals surface area contributed by atoms with Gasteiger partial charge in [-0.1, -0.05) is 129 Å². The fraction of sp³-hybridized carbons (Fsp3) is 0.500. The minimum absolute atomic E-state index is 1.23. The third-order valence-corrected chi connectivity index (χ3v) is 17.6. The minimum atomic E-state index is 1.23. The maximum absolute atomic E-state index is 2.39. The summed E-state index contributed by atoms with van der Waals surface area (Å²) < 4.78 is 0. The predicted molar refractivity (Wildman–Crippen MR) is 252 cm³/mol. The normalized spacial score (nSPS) is 11.7.